The van der Waals surface area contributed by atoms with Crippen LogP contribution in [0.1, 0.15) is 50.1 Å². The fourth-order valence-corrected chi connectivity index (χ4v) is 7.93. The van der Waals surface area contributed by atoms with Gasteiger partial charge in [0.05, 0.1) is 13.7 Å². The van der Waals surface area contributed by atoms with E-state index in [4.69, 9.17) is 4.74 Å². The van der Waals surface area contributed by atoms with Gasteiger partial charge in [0.15, 0.2) is 0 Å². The van der Waals surface area contributed by atoms with Gasteiger partial charge in [-0.3, -0.25) is 0 Å². The van der Waals surface area contributed by atoms with E-state index in [-0.39, 0.29) is 6.61 Å². The van der Waals surface area contributed by atoms with Gasteiger partial charge in [0.2, 0.25) is 0 Å². The maximum atomic E-state index is 11.1. The van der Waals surface area contributed by atoms with Crippen LogP contribution in [0.3, 0.4) is 0 Å². The van der Waals surface area contributed by atoms with E-state index in [9.17, 15) is 5.11 Å². The van der Waals surface area contributed by atoms with E-state index in [1.54, 1.807) is 7.11 Å². The van der Waals surface area contributed by atoms with Crippen molar-refractivity contribution in [3.05, 3.63) is 268 Å². The molecule has 0 radical (unpaired) electrons. The van der Waals surface area contributed by atoms with E-state index in [2.05, 4.69) is 145 Å². The Hall–Kier alpha value is -7.36. The second-order valence-electron chi connectivity index (χ2n) is 14.1. The third kappa shape index (κ3) is 7.34. The van der Waals surface area contributed by atoms with Crippen molar-refractivity contribution < 1.29 is 9.84 Å². The van der Waals surface area contributed by atoms with E-state index in [0.717, 1.165) is 66.9 Å². The van der Waals surface area contributed by atoms with Crippen LogP contribution < -0.4 is 4.74 Å². The van der Waals surface area contributed by atoms with Gasteiger partial charge in [-0.05, 0) is 87.0 Å². The zero-order chi connectivity index (χ0) is 39.6. The van der Waals surface area contributed by atoms with Crippen LogP contribution in [0.2, 0.25) is 0 Å². The summed E-state index contributed by atoms with van der Waals surface area (Å²) in [6.07, 6.45) is 0. The van der Waals surface area contributed by atoms with Gasteiger partial charge < -0.3 is 9.84 Å². The molecule has 0 unspecified atom stereocenters. The van der Waals surface area contributed by atoms with Gasteiger partial charge in [-0.2, -0.15) is 0 Å². The first-order valence-electron chi connectivity index (χ1n) is 19.5. The molecule has 0 atom stereocenters. The fraction of sp³-hybridized carbons (Fsp3) is 0.0714. The van der Waals surface area contributed by atoms with Crippen molar-refractivity contribution in [2.24, 2.45) is 0 Å². The maximum Gasteiger partial charge on any atom is 0.124 e. The minimum atomic E-state index is -0.930. The standard InChI is InChI=1S/C56H42O2/c1-58-54-35-34-46(41-53(54)56(50-28-16-6-17-29-50,51-30-18-7-19-31-51)39-37-44-22-10-3-11-23-44)45-32-33-47(42-57)52(40-45)55(48-24-12-4-13-25-48,49-26-14-5-15-27-49)38-36-43-20-8-2-9-21-43/h2-35,40-41,57H,42H2,1H3. The molecule has 58 heavy (non-hydrogen) atoms. The zero-order valence-electron chi connectivity index (χ0n) is 32.3. The molecule has 0 aliphatic heterocycles. The fourth-order valence-electron chi connectivity index (χ4n) is 7.93. The topological polar surface area (TPSA) is 29.5 Å². The molecule has 0 aliphatic rings. The molecule has 0 aliphatic carbocycles. The lowest BCUT2D eigenvalue weighted by Gasteiger charge is -2.34. The largest absolute Gasteiger partial charge is 0.496 e. The number of aliphatic hydroxyl groups excluding tert-OH is 1. The number of benzene rings is 8. The first-order chi connectivity index (χ1) is 28.7. The van der Waals surface area contributed by atoms with Gasteiger partial charge in [0, 0.05) is 16.7 Å². The van der Waals surface area contributed by atoms with E-state index >= 15 is 0 Å². The van der Waals surface area contributed by atoms with Crippen LogP contribution in [0.5, 0.6) is 5.75 Å². The van der Waals surface area contributed by atoms with Crippen molar-refractivity contribution in [1.29, 1.82) is 0 Å². The highest BCUT2D eigenvalue weighted by molar-refractivity contribution is 5.74. The van der Waals surface area contributed by atoms with Gasteiger partial charge in [0.1, 0.15) is 16.6 Å². The molecule has 1 N–H and O–H groups in total. The van der Waals surface area contributed by atoms with Crippen LogP contribution in [-0.4, -0.2) is 12.2 Å². The zero-order valence-corrected chi connectivity index (χ0v) is 32.3. The van der Waals surface area contributed by atoms with Gasteiger partial charge in [-0.25, -0.2) is 0 Å². The third-order valence-electron chi connectivity index (χ3n) is 10.8. The molecule has 0 bridgehead atoms. The Kier molecular flexibility index (Phi) is 11.1. The summed E-state index contributed by atoms with van der Waals surface area (Å²) in [5, 5.41) is 11.1. The van der Waals surface area contributed by atoms with Crippen LogP contribution in [0.15, 0.2) is 218 Å². The van der Waals surface area contributed by atoms with Gasteiger partial charge in [0.25, 0.3) is 0 Å². The molecule has 0 saturated heterocycles. The molecule has 0 heterocycles. The van der Waals surface area contributed by atoms with Crippen molar-refractivity contribution in [3.8, 4) is 40.6 Å². The lowest BCUT2D eigenvalue weighted by molar-refractivity contribution is 0.280. The lowest BCUT2D eigenvalue weighted by atomic mass is 9.67. The Balaban J connectivity index is 1.41. The van der Waals surface area contributed by atoms with Crippen molar-refractivity contribution in [3.63, 3.8) is 0 Å². The quantitative estimate of drug-likeness (QED) is 0.118. The molecule has 0 saturated carbocycles. The monoisotopic (exact) mass is 746 g/mol. The normalized spacial score (nSPS) is 11.1. The molecule has 8 rings (SSSR count). The van der Waals surface area contributed by atoms with Crippen LogP contribution in [0, 0.1) is 23.7 Å². The summed E-state index contributed by atoms with van der Waals surface area (Å²) in [6, 6.07) is 74.6. The van der Waals surface area contributed by atoms with E-state index in [1.807, 2.05) is 97.1 Å². The SMILES string of the molecule is COc1ccc(-c2ccc(CO)c(C(C#Cc3ccccc3)(c3ccccc3)c3ccccc3)c2)cc1C(C#Cc1ccccc1)(c1ccccc1)c1ccccc1. The second kappa shape index (κ2) is 17.2. The Bertz CT molecular complexity index is 2450. The molecular weight excluding hydrogens is 705 g/mol. The number of ether oxygens (including phenoxy) is 1. The average Bonchev–Trinajstić information content (AvgIpc) is 3.31. The molecule has 278 valence electrons. The molecule has 8 aromatic carbocycles. The highest BCUT2D eigenvalue weighted by Crippen LogP contribution is 2.46. The molecule has 0 aromatic heterocycles. The Morgan fingerprint density at radius 1 is 0.414 bits per heavy atom. The van der Waals surface area contributed by atoms with Crippen LogP contribution in [0.25, 0.3) is 11.1 Å². The Morgan fingerprint density at radius 2 is 0.759 bits per heavy atom. The van der Waals surface area contributed by atoms with Crippen molar-refractivity contribution in [1.82, 2.24) is 0 Å². The predicted octanol–water partition coefficient (Wildman–Crippen LogP) is 11.6. The van der Waals surface area contributed by atoms with Gasteiger partial charge >= 0.3 is 0 Å². The van der Waals surface area contributed by atoms with Gasteiger partial charge in [-0.15, -0.1) is 0 Å². The van der Waals surface area contributed by atoms with E-state index in [0.29, 0.717) is 0 Å². The summed E-state index contributed by atoms with van der Waals surface area (Å²) in [5.41, 5.74) is 8.64. The molecule has 0 amide bonds. The highest BCUT2D eigenvalue weighted by Gasteiger charge is 2.39. The average molecular weight is 747 g/mol. The van der Waals surface area contributed by atoms with Crippen LogP contribution in [-0.2, 0) is 17.4 Å². The van der Waals surface area contributed by atoms with E-state index in [1.165, 1.54) is 0 Å². The summed E-state index contributed by atoms with van der Waals surface area (Å²) >= 11 is 0. The van der Waals surface area contributed by atoms with Crippen molar-refractivity contribution >= 4 is 0 Å². The summed E-state index contributed by atoms with van der Waals surface area (Å²) in [5.74, 6) is 15.4. The number of hydrogen-bond donors (Lipinski definition) is 1. The maximum absolute atomic E-state index is 11.1. The minimum absolute atomic E-state index is 0.155. The Labute approximate surface area is 342 Å². The molecule has 0 spiro atoms. The lowest BCUT2D eigenvalue weighted by Crippen LogP contribution is -2.29. The van der Waals surface area contributed by atoms with Crippen LogP contribution in [0.4, 0.5) is 0 Å². The first-order valence-corrected chi connectivity index (χ1v) is 19.5. The Morgan fingerprint density at radius 3 is 1.14 bits per heavy atom. The van der Waals surface area contributed by atoms with Crippen molar-refractivity contribution in [2.45, 2.75) is 17.4 Å². The number of hydrogen-bond acceptors (Lipinski definition) is 2. The summed E-state index contributed by atoms with van der Waals surface area (Å²) < 4.78 is 6.22. The summed E-state index contributed by atoms with van der Waals surface area (Å²) in [6.45, 7) is -0.155. The predicted molar refractivity (Wildman–Crippen MR) is 237 cm³/mol. The number of rotatable bonds is 9. The highest BCUT2D eigenvalue weighted by atomic mass is 16.5. The first kappa shape index (κ1) is 37.6. The summed E-state index contributed by atoms with van der Waals surface area (Å²) in [4.78, 5) is 0. The van der Waals surface area contributed by atoms with Gasteiger partial charge in [-0.1, -0.05) is 200 Å². The molecular formula is C56H42O2. The number of aliphatic hydroxyl groups is 1. The van der Waals surface area contributed by atoms with Crippen molar-refractivity contribution in [2.75, 3.05) is 7.11 Å². The molecule has 8 aromatic rings. The molecule has 2 heteroatoms. The van der Waals surface area contributed by atoms with Crippen LogP contribution >= 0.6 is 0 Å². The summed E-state index contributed by atoms with van der Waals surface area (Å²) in [7, 11) is 1.72. The third-order valence-corrected chi connectivity index (χ3v) is 10.8. The molecule has 2 nitrogen and oxygen atoms in total. The minimum Gasteiger partial charge on any atom is -0.496 e. The molecule has 0 fully saturated rings. The smallest absolute Gasteiger partial charge is 0.124 e. The second-order valence-corrected chi connectivity index (χ2v) is 14.1. The van der Waals surface area contributed by atoms with E-state index < -0.39 is 10.8 Å². The number of methoxy groups -OCH3 is 1.